The zero-order valence-corrected chi connectivity index (χ0v) is 20.7. The van der Waals surface area contributed by atoms with E-state index in [1.807, 2.05) is 0 Å². The van der Waals surface area contributed by atoms with Crippen molar-refractivity contribution >= 4 is 5.97 Å². The highest BCUT2D eigenvalue weighted by atomic mass is 16.5. The van der Waals surface area contributed by atoms with Crippen LogP contribution in [0.3, 0.4) is 0 Å². The number of hydrogen-bond donors (Lipinski definition) is 0. The Morgan fingerprint density at radius 2 is 1.37 bits per heavy atom. The van der Waals surface area contributed by atoms with Gasteiger partial charge in [-0.3, -0.25) is 4.79 Å². The molecule has 0 aromatic rings. The molecule has 0 spiro atoms. The van der Waals surface area contributed by atoms with Crippen LogP contribution in [0.25, 0.3) is 0 Å². The first kappa shape index (κ1) is 28.9. The second kappa shape index (κ2) is 22.6. The van der Waals surface area contributed by atoms with Gasteiger partial charge < -0.3 is 4.74 Å². The van der Waals surface area contributed by atoms with Gasteiger partial charge in [0, 0.05) is 6.42 Å². The van der Waals surface area contributed by atoms with E-state index in [1.165, 1.54) is 76.2 Å². The van der Waals surface area contributed by atoms with E-state index in [4.69, 9.17) is 4.74 Å². The van der Waals surface area contributed by atoms with E-state index in [0.717, 1.165) is 38.5 Å². The van der Waals surface area contributed by atoms with Crippen molar-refractivity contribution in [2.24, 2.45) is 5.92 Å². The van der Waals surface area contributed by atoms with Crippen molar-refractivity contribution in [1.82, 2.24) is 0 Å². The summed E-state index contributed by atoms with van der Waals surface area (Å²) in [7, 11) is 0. The Morgan fingerprint density at radius 1 is 0.800 bits per heavy atom. The van der Waals surface area contributed by atoms with E-state index < -0.39 is 0 Å². The predicted octanol–water partition coefficient (Wildman–Crippen LogP) is 9.34. The molecule has 0 unspecified atom stereocenters. The van der Waals surface area contributed by atoms with Crippen LogP contribution in [0.15, 0.2) is 24.3 Å². The largest absolute Gasteiger partial charge is 0.465 e. The quantitative estimate of drug-likeness (QED) is 0.0990. The van der Waals surface area contributed by atoms with Crippen LogP contribution < -0.4 is 0 Å². The molecule has 0 heterocycles. The molecule has 30 heavy (non-hydrogen) atoms. The first-order valence-electron chi connectivity index (χ1n) is 13.1. The monoisotopic (exact) mass is 420 g/mol. The average molecular weight is 421 g/mol. The van der Waals surface area contributed by atoms with Crippen molar-refractivity contribution in [3.05, 3.63) is 24.3 Å². The molecule has 0 aliphatic heterocycles. The zero-order chi connectivity index (χ0) is 22.3. The molecule has 0 aromatic carbocycles. The molecule has 1 atom stereocenters. The summed E-state index contributed by atoms with van der Waals surface area (Å²) in [5, 5.41) is 0. The highest BCUT2D eigenvalue weighted by molar-refractivity contribution is 5.69. The van der Waals surface area contributed by atoms with Crippen molar-refractivity contribution in [3.8, 4) is 0 Å². The lowest BCUT2D eigenvalue weighted by Crippen LogP contribution is -2.11. The maximum absolute atomic E-state index is 11.9. The number of ether oxygens (including phenoxy) is 1. The molecule has 0 bridgehead atoms. The fourth-order valence-electron chi connectivity index (χ4n) is 3.61. The van der Waals surface area contributed by atoms with Crippen molar-refractivity contribution in [1.29, 1.82) is 0 Å². The Labute approximate surface area is 188 Å². The molecule has 0 aliphatic carbocycles. The van der Waals surface area contributed by atoms with Crippen molar-refractivity contribution in [2.75, 3.05) is 6.61 Å². The minimum Gasteiger partial charge on any atom is -0.465 e. The highest BCUT2D eigenvalue weighted by Crippen LogP contribution is 2.14. The molecule has 0 aliphatic rings. The number of unbranched alkanes of at least 4 members (excludes halogenated alkanes) is 11. The second-order valence-electron chi connectivity index (χ2n) is 9.12. The van der Waals surface area contributed by atoms with Gasteiger partial charge in [0.05, 0.1) is 6.61 Å². The number of carbonyl (C=O) groups is 1. The molecule has 0 fully saturated rings. The van der Waals surface area contributed by atoms with E-state index in [9.17, 15) is 4.79 Å². The molecular weight excluding hydrogens is 368 g/mol. The van der Waals surface area contributed by atoms with Crippen molar-refractivity contribution in [2.45, 2.75) is 136 Å². The van der Waals surface area contributed by atoms with Gasteiger partial charge in [-0.1, -0.05) is 96.4 Å². The SMILES string of the molecule is C=C(CC)CCC[C@@H](C)COC(=O)CCCCCCCC=CCCCCCCCC. The minimum absolute atomic E-state index is 0.0163. The molecule has 0 radical (unpaired) electrons. The highest BCUT2D eigenvalue weighted by Gasteiger charge is 2.07. The Balaban J connectivity index is 3.36. The zero-order valence-electron chi connectivity index (χ0n) is 20.7. The minimum atomic E-state index is -0.0163. The number of allylic oxidation sites excluding steroid dienone is 3. The summed E-state index contributed by atoms with van der Waals surface area (Å²) in [6.45, 7) is 11.2. The van der Waals surface area contributed by atoms with Crippen LogP contribution in [0, 0.1) is 5.92 Å². The van der Waals surface area contributed by atoms with Gasteiger partial charge in [-0.2, -0.15) is 0 Å². The third kappa shape index (κ3) is 21.7. The standard InChI is InChI=1S/C28H52O2/c1-5-7-8-9-10-11-12-13-14-15-16-17-18-19-20-24-28(29)30-25-27(4)23-21-22-26(3)6-2/h13-14,27H,3,5-12,15-25H2,1-2,4H3/t27-/m1/s1. The summed E-state index contributed by atoms with van der Waals surface area (Å²) in [6.07, 6.45) is 26.4. The Morgan fingerprint density at radius 3 is 1.97 bits per heavy atom. The molecule has 2 heteroatoms. The van der Waals surface area contributed by atoms with Gasteiger partial charge >= 0.3 is 5.97 Å². The maximum Gasteiger partial charge on any atom is 0.305 e. The Bertz CT molecular complexity index is 424. The lowest BCUT2D eigenvalue weighted by Gasteiger charge is -2.12. The van der Waals surface area contributed by atoms with Crippen LogP contribution in [0.5, 0.6) is 0 Å². The third-order valence-corrected chi connectivity index (χ3v) is 5.90. The van der Waals surface area contributed by atoms with E-state index in [0.29, 0.717) is 18.9 Å². The number of rotatable bonds is 22. The van der Waals surface area contributed by atoms with Crippen LogP contribution in [-0.2, 0) is 9.53 Å². The summed E-state index contributed by atoms with van der Waals surface area (Å²) in [5.74, 6) is 0.435. The Kier molecular flexibility index (Phi) is 21.8. The van der Waals surface area contributed by atoms with Gasteiger partial charge in [0.15, 0.2) is 0 Å². The number of carbonyl (C=O) groups excluding carboxylic acids is 1. The normalized spacial score (nSPS) is 12.4. The topological polar surface area (TPSA) is 26.3 Å². The van der Waals surface area contributed by atoms with Crippen LogP contribution in [0.4, 0.5) is 0 Å². The van der Waals surface area contributed by atoms with Gasteiger partial charge in [-0.15, -0.1) is 0 Å². The van der Waals surface area contributed by atoms with Crippen LogP contribution in [-0.4, -0.2) is 12.6 Å². The first-order chi connectivity index (χ1) is 14.6. The first-order valence-corrected chi connectivity index (χ1v) is 13.1. The Hall–Kier alpha value is -1.05. The van der Waals surface area contributed by atoms with Crippen LogP contribution >= 0.6 is 0 Å². The summed E-state index contributed by atoms with van der Waals surface area (Å²) in [5.41, 5.74) is 1.32. The average Bonchev–Trinajstić information content (AvgIpc) is 2.74. The molecule has 0 rings (SSSR count). The summed E-state index contributed by atoms with van der Waals surface area (Å²) < 4.78 is 5.44. The predicted molar refractivity (Wildman–Crippen MR) is 133 cm³/mol. The van der Waals surface area contributed by atoms with Gasteiger partial charge in [-0.25, -0.2) is 0 Å². The van der Waals surface area contributed by atoms with Crippen LogP contribution in [0.2, 0.25) is 0 Å². The number of esters is 1. The van der Waals surface area contributed by atoms with E-state index in [2.05, 4.69) is 39.5 Å². The van der Waals surface area contributed by atoms with Gasteiger partial charge in [0.25, 0.3) is 0 Å². The summed E-state index contributed by atoms with van der Waals surface area (Å²) >= 11 is 0. The van der Waals surface area contributed by atoms with E-state index in [-0.39, 0.29) is 5.97 Å². The molecule has 0 N–H and O–H groups in total. The third-order valence-electron chi connectivity index (χ3n) is 5.90. The summed E-state index contributed by atoms with van der Waals surface area (Å²) in [6, 6.07) is 0. The molecule has 176 valence electrons. The molecule has 0 amide bonds. The van der Waals surface area contributed by atoms with Crippen molar-refractivity contribution in [3.63, 3.8) is 0 Å². The molecule has 2 nitrogen and oxygen atoms in total. The van der Waals surface area contributed by atoms with Gasteiger partial charge in [0.1, 0.15) is 0 Å². The molecule has 0 saturated heterocycles. The second-order valence-corrected chi connectivity index (χ2v) is 9.12. The molecule has 0 saturated carbocycles. The van der Waals surface area contributed by atoms with Gasteiger partial charge in [0.2, 0.25) is 0 Å². The summed E-state index contributed by atoms with van der Waals surface area (Å²) in [4.78, 5) is 11.9. The van der Waals surface area contributed by atoms with E-state index >= 15 is 0 Å². The maximum atomic E-state index is 11.9. The smallest absolute Gasteiger partial charge is 0.305 e. The lowest BCUT2D eigenvalue weighted by atomic mass is 10.0. The van der Waals surface area contributed by atoms with E-state index in [1.54, 1.807) is 0 Å². The lowest BCUT2D eigenvalue weighted by molar-refractivity contribution is -0.145. The van der Waals surface area contributed by atoms with Crippen molar-refractivity contribution < 1.29 is 9.53 Å². The fraction of sp³-hybridized carbons (Fsp3) is 0.821. The molecule has 0 aromatic heterocycles. The van der Waals surface area contributed by atoms with Crippen LogP contribution in [0.1, 0.15) is 136 Å². The van der Waals surface area contributed by atoms with Gasteiger partial charge in [-0.05, 0) is 63.7 Å². The number of hydrogen-bond acceptors (Lipinski definition) is 2. The molecular formula is C28H52O2. The fourth-order valence-corrected chi connectivity index (χ4v) is 3.61.